The van der Waals surface area contributed by atoms with Crippen molar-refractivity contribution in [2.75, 3.05) is 24.5 Å². The zero-order chi connectivity index (χ0) is 27.7. The number of nitrogens with zero attached hydrogens (tertiary/aromatic N) is 2. The number of nitrogens with one attached hydrogen (secondary N) is 3. The summed E-state index contributed by atoms with van der Waals surface area (Å²) in [6.07, 6.45) is 6.73. The molecular weight excluding hydrogens is 492 g/mol. The second-order valence-electron chi connectivity index (χ2n) is 9.94. The van der Waals surface area contributed by atoms with Crippen LogP contribution in [0, 0.1) is 5.92 Å². The molecule has 0 atom stereocenters. The fourth-order valence-electron chi connectivity index (χ4n) is 4.73. The standard InChI is InChI=1S/C30H36N6O3/c1-2-32-21-24(18-31)27(37)35-30(14-15-30)29(39)34-20-23-12-16-36(17-13-23)26-11-7-6-10-25(26)28(38)33-19-22-8-4-3-5-9-22/h2-11,18,21,23H,1,12-17,19-20,31H2,(H,33,38)(H,34,39)(H,35,37)/b24-18+,32-21?. The van der Waals surface area contributed by atoms with Gasteiger partial charge in [-0.1, -0.05) is 49.0 Å². The van der Waals surface area contributed by atoms with Gasteiger partial charge in [-0.25, -0.2) is 0 Å². The Morgan fingerprint density at radius 1 is 1.03 bits per heavy atom. The van der Waals surface area contributed by atoms with Crippen molar-refractivity contribution >= 4 is 29.6 Å². The summed E-state index contributed by atoms with van der Waals surface area (Å²) < 4.78 is 0. The summed E-state index contributed by atoms with van der Waals surface area (Å²) in [4.78, 5) is 44.5. The first-order chi connectivity index (χ1) is 19.0. The average Bonchev–Trinajstić information content (AvgIpc) is 3.76. The maximum absolute atomic E-state index is 13.0. The van der Waals surface area contributed by atoms with E-state index in [-0.39, 0.29) is 17.4 Å². The number of carbonyl (C=O) groups is 3. The molecule has 5 N–H and O–H groups in total. The summed E-state index contributed by atoms with van der Waals surface area (Å²) in [5.74, 6) is -0.384. The SMILES string of the molecule is C=CN=C/C(=C\N)C(=O)NC1(C(=O)NCC2CCN(c3ccccc3C(=O)NCc3ccccc3)CC2)CC1. The molecule has 9 nitrogen and oxygen atoms in total. The van der Waals surface area contributed by atoms with E-state index in [1.807, 2.05) is 54.6 Å². The fourth-order valence-corrected chi connectivity index (χ4v) is 4.73. The van der Waals surface area contributed by atoms with E-state index in [1.54, 1.807) is 0 Å². The predicted molar refractivity (Wildman–Crippen MR) is 153 cm³/mol. The molecule has 0 spiro atoms. The molecule has 1 aliphatic heterocycles. The summed E-state index contributed by atoms with van der Waals surface area (Å²) in [5.41, 5.74) is 7.46. The number of aliphatic imine (C=N–C) groups is 1. The normalized spacial score (nSPS) is 16.9. The van der Waals surface area contributed by atoms with Crippen LogP contribution in [0.15, 0.2) is 84.1 Å². The number of para-hydroxylation sites is 1. The molecule has 9 heteroatoms. The molecule has 204 valence electrons. The Kier molecular flexibility index (Phi) is 9.14. The molecule has 2 aliphatic rings. The monoisotopic (exact) mass is 528 g/mol. The molecule has 1 aliphatic carbocycles. The van der Waals surface area contributed by atoms with Gasteiger partial charge in [-0.05, 0) is 49.3 Å². The van der Waals surface area contributed by atoms with Gasteiger partial charge in [-0.15, -0.1) is 0 Å². The van der Waals surface area contributed by atoms with Crippen molar-refractivity contribution in [1.29, 1.82) is 0 Å². The van der Waals surface area contributed by atoms with Crippen molar-refractivity contribution < 1.29 is 14.4 Å². The van der Waals surface area contributed by atoms with Crippen LogP contribution in [-0.4, -0.2) is 49.1 Å². The third-order valence-electron chi connectivity index (χ3n) is 7.25. The van der Waals surface area contributed by atoms with Gasteiger partial charge in [0.05, 0.1) is 11.1 Å². The van der Waals surface area contributed by atoms with E-state index in [1.165, 1.54) is 12.4 Å². The maximum atomic E-state index is 13.0. The number of amides is 3. The summed E-state index contributed by atoms with van der Waals surface area (Å²) in [7, 11) is 0. The molecule has 2 fully saturated rings. The van der Waals surface area contributed by atoms with Gasteiger partial charge in [0, 0.05) is 50.5 Å². The third kappa shape index (κ3) is 7.13. The van der Waals surface area contributed by atoms with E-state index >= 15 is 0 Å². The molecule has 0 bridgehead atoms. The van der Waals surface area contributed by atoms with E-state index in [4.69, 9.17) is 5.73 Å². The largest absolute Gasteiger partial charge is 0.404 e. The molecule has 0 aromatic heterocycles. The van der Waals surface area contributed by atoms with Crippen LogP contribution in [0.5, 0.6) is 0 Å². The lowest BCUT2D eigenvalue weighted by Gasteiger charge is -2.35. The van der Waals surface area contributed by atoms with Gasteiger partial charge in [0.15, 0.2) is 0 Å². The Hall–Kier alpha value is -4.40. The average molecular weight is 529 g/mol. The zero-order valence-corrected chi connectivity index (χ0v) is 22.1. The van der Waals surface area contributed by atoms with Crippen LogP contribution in [0.4, 0.5) is 5.69 Å². The number of nitrogens with two attached hydrogens (primary N) is 1. The van der Waals surface area contributed by atoms with Crippen molar-refractivity contribution in [3.05, 3.63) is 90.3 Å². The molecule has 1 saturated heterocycles. The number of anilines is 1. The fraction of sp³-hybridized carbons (Fsp3) is 0.333. The van der Waals surface area contributed by atoms with Gasteiger partial charge in [0.25, 0.3) is 11.8 Å². The van der Waals surface area contributed by atoms with Gasteiger partial charge < -0.3 is 26.6 Å². The van der Waals surface area contributed by atoms with Crippen LogP contribution >= 0.6 is 0 Å². The van der Waals surface area contributed by atoms with Crippen molar-refractivity contribution in [3.8, 4) is 0 Å². The van der Waals surface area contributed by atoms with Crippen LogP contribution in [0.25, 0.3) is 0 Å². The minimum Gasteiger partial charge on any atom is -0.404 e. The topological polar surface area (TPSA) is 129 Å². The quantitative estimate of drug-likeness (QED) is 0.263. The van der Waals surface area contributed by atoms with Crippen LogP contribution in [0.3, 0.4) is 0 Å². The Bertz CT molecular complexity index is 1240. The van der Waals surface area contributed by atoms with Crippen LogP contribution < -0.4 is 26.6 Å². The summed E-state index contributed by atoms with van der Waals surface area (Å²) in [5, 5.41) is 8.88. The van der Waals surface area contributed by atoms with Crippen LogP contribution in [0.2, 0.25) is 0 Å². The highest BCUT2D eigenvalue weighted by atomic mass is 16.2. The van der Waals surface area contributed by atoms with E-state index in [9.17, 15) is 14.4 Å². The number of rotatable bonds is 11. The lowest BCUT2D eigenvalue weighted by atomic mass is 9.95. The molecule has 2 aromatic rings. The Morgan fingerprint density at radius 3 is 2.38 bits per heavy atom. The lowest BCUT2D eigenvalue weighted by Crippen LogP contribution is -2.51. The minimum absolute atomic E-state index is 0.0935. The predicted octanol–water partition coefficient (Wildman–Crippen LogP) is 2.65. The molecule has 3 amide bonds. The molecule has 2 aromatic carbocycles. The Labute approximate surface area is 229 Å². The zero-order valence-electron chi connectivity index (χ0n) is 22.1. The molecule has 39 heavy (non-hydrogen) atoms. The summed E-state index contributed by atoms with van der Waals surface area (Å²) in [6, 6.07) is 17.5. The summed E-state index contributed by atoms with van der Waals surface area (Å²) in [6.45, 7) is 6.08. The first kappa shape index (κ1) is 27.6. The summed E-state index contributed by atoms with van der Waals surface area (Å²) >= 11 is 0. The van der Waals surface area contributed by atoms with Crippen LogP contribution in [-0.2, 0) is 16.1 Å². The first-order valence-corrected chi connectivity index (χ1v) is 13.3. The maximum Gasteiger partial charge on any atom is 0.255 e. The number of piperidine rings is 1. The highest BCUT2D eigenvalue weighted by Crippen LogP contribution is 2.36. The Balaban J connectivity index is 1.26. The number of carbonyl (C=O) groups excluding carboxylic acids is 3. The first-order valence-electron chi connectivity index (χ1n) is 13.3. The number of benzene rings is 2. The van der Waals surface area contributed by atoms with Crippen LogP contribution in [0.1, 0.15) is 41.6 Å². The third-order valence-corrected chi connectivity index (χ3v) is 7.25. The van der Waals surface area contributed by atoms with Gasteiger partial charge in [0.2, 0.25) is 5.91 Å². The van der Waals surface area contributed by atoms with Crippen molar-refractivity contribution in [2.45, 2.75) is 37.8 Å². The minimum atomic E-state index is -0.889. The van der Waals surface area contributed by atoms with E-state index in [0.717, 1.165) is 43.4 Å². The smallest absolute Gasteiger partial charge is 0.255 e. The van der Waals surface area contributed by atoms with Crippen molar-refractivity contribution in [3.63, 3.8) is 0 Å². The molecule has 4 rings (SSSR count). The van der Waals surface area contributed by atoms with Crippen molar-refractivity contribution in [2.24, 2.45) is 16.6 Å². The van der Waals surface area contributed by atoms with Gasteiger partial charge >= 0.3 is 0 Å². The van der Waals surface area contributed by atoms with Gasteiger partial charge in [-0.3, -0.25) is 19.4 Å². The Morgan fingerprint density at radius 2 is 1.72 bits per heavy atom. The second kappa shape index (κ2) is 12.9. The lowest BCUT2D eigenvalue weighted by molar-refractivity contribution is -0.128. The molecule has 0 unspecified atom stereocenters. The number of hydrogen-bond donors (Lipinski definition) is 4. The molecule has 0 radical (unpaired) electrons. The van der Waals surface area contributed by atoms with E-state index in [0.29, 0.717) is 37.4 Å². The van der Waals surface area contributed by atoms with Gasteiger partial charge in [-0.2, -0.15) is 0 Å². The van der Waals surface area contributed by atoms with E-state index in [2.05, 4.69) is 32.4 Å². The van der Waals surface area contributed by atoms with Gasteiger partial charge in [0.1, 0.15) is 5.54 Å². The molecular formula is C30H36N6O3. The van der Waals surface area contributed by atoms with Crippen molar-refractivity contribution in [1.82, 2.24) is 16.0 Å². The number of hydrogen-bond acceptors (Lipinski definition) is 6. The molecule has 1 saturated carbocycles. The molecule has 1 heterocycles. The highest BCUT2D eigenvalue weighted by Gasteiger charge is 2.51. The highest BCUT2D eigenvalue weighted by molar-refractivity contribution is 6.13. The second-order valence-corrected chi connectivity index (χ2v) is 9.94. The van der Waals surface area contributed by atoms with E-state index < -0.39 is 11.4 Å².